The Morgan fingerprint density at radius 3 is 2.67 bits per heavy atom. The highest BCUT2D eigenvalue weighted by Crippen LogP contribution is 2.31. The van der Waals surface area contributed by atoms with Crippen molar-refractivity contribution in [1.29, 1.82) is 0 Å². The summed E-state index contributed by atoms with van der Waals surface area (Å²) in [5.41, 5.74) is 3.02. The Balaban J connectivity index is 2.19. The predicted molar refractivity (Wildman–Crippen MR) is 95.1 cm³/mol. The molecule has 0 fully saturated rings. The number of aromatic amines is 1. The van der Waals surface area contributed by atoms with Crippen molar-refractivity contribution in [3.63, 3.8) is 0 Å². The predicted octanol–water partition coefficient (Wildman–Crippen LogP) is 6.38. The molecule has 1 N–H and O–H groups in total. The van der Waals surface area contributed by atoms with E-state index in [0.29, 0.717) is 14.8 Å². The van der Waals surface area contributed by atoms with Gasteiger partial charge in [0.05, 0.1) is 17.1 Å². The highest BCUT2D eigenvalue weighted by Gasteiger charge is 2.16. The number of benzene rings is 2. The Morgan fingerprint density at radius 1 is 1.19 bits per heavy atom. The average molecular weight is 402 g/mol. The largest absolute Gasteiger partial charge is 0.331 e. The van der Waals surface area contributed by atoms with E-state index in [2.05, 4.69) is 32.4 Å². The molecule has 0 saturated carbocycles. The van der Waals surface area contributed by atoms with Gasteiger partial charge in [-0.3, -0.25) is 0 Å². The zero-order valence-electron chi connectivity index (χ0n) is 11.0. The van der Waals surface area contributed by atoms with Crippen molar-refractivity contribution in [3.05, 3.63) is 61.3 Å². The Labute approximate surface area is 145 Å². The fourth-order valence-electron chi connectivity index (χ4n) is 2.47. The van der Waals surface area contributed by atoms with Crippen LogP contribution in [0.3, 0.4) is 0 Å². The van der Waals surface area contributed by atoms with Gasteiger partial charge in [0.2, 0.25) is 0 Å². The normalized spacial score (nSPS) is 12.8. The second kappa shape index (κ2) is 5.76. The van der Waals surface area contributed by atoms with Gasteiger partial charge in [0.25, 0.3) is 0 Å². The summed E-state index contributed by atoms with van der Waals surface area (Å²) in [6.45, 7) is 2.07. The Hall–Kier alpha value is -0.810. The van der Waals surface area contributed by atoms with Crippen molar-refractivity contribution in [1.82, 2.24) is 9.55 Å². The van der Waals surface area contributed by atoms with Gasteiger partial charge in [-0.25, -0.2) is 0 Å². The first kappa shape index (κ1) is 15.1. The molecule has 1 heterocycles. The molecule has 2 nitrogen and oxygen atoms in total. The van der Waals surface area contributed by atoms with Crippen molar-refractivity contribution in [3.8, 4) is 0 Å². The van der Waals surface area contributed by atoms with Crippen LogP contribution in [0.15, 0.2) is 40.9 Å². The highest BCUT2D eigenvalue weighted by molar-refractivity contribution is 9.10. The van der Waals surface area contributed by atoms with Gasteiger partial charge in [0.15, 0.2) is 4.77 Å². The van der Waals surface area contributed by atoms with E-state index >= 15 is 0 Å². The minimum Gasteiger partial charge on any atom is -0.331 e. The van der Waals surface area contributed by atoms with Gasteiger partial charge in [-0.1, -0.05) is 45.2 Å². The Bertz CT molecular complexity index is 885. The lowest BCUT2D eigenvalue weighted by atomic mass is 10.1. The number of hydrogen-bond acceptors (Lipinski definition) is 1. The molecule has 0 aliphatic heterocycles. The van der Waals surface area contributed by atoms with Crippen molar-refractivity contribution in [2.75, 3.05) is 0 Å². The number of fused-ring (bicyclic) bond motifs is 1. The highest BCUT2D eigenvalue weighted by atomic mass is 79.9. The van der Waals surface area contributed by atoms with Crippen LogP contribution in [-0.2, 0) is 0 Å². The molecular weight excluding hydrogens is 391 g/mol. The SMILES string of the molecule is CC(c1ccc(Cl)cc1Cl)n1c(=S)[nH]c2cc(Br)ccc21. The van der Waals surface area contributed by atoms with Gasteiger partial charge in [-0.15, -0.1) is 0 Å². The monoisotopic (exact) mass is 400 g/mol. The van der Waals surface area contributed by atoms with Crippen LogP contribution in [0.5, 0.6) is 0 Å². The van der Waals surface area contributed by atoms with E-state index < -0.39 is 0 Å². The third-order valence-corrected chi connectivity index (χ3v) is 4.83. The smallest absolute Gasteiger partial charge is 0.178 e. The van der Waals surface area contributed by atoms with Crippen LogP contribution in [0.25, 0.3) is 11.0 Å². The molecule has 0 bridgehead atoms. The summed E-state index contributed by atoms with van der Waals surface area (Å²) in [7, 11) is 0. The lowest BCUT2D eigenvalue weighted by Crippen LogP contribution is -2.07. The maximum Gasteiger partial charge on any atom is 0.178 e. The van der Waals surface area contributed by atoms with Crippen LogP contribution in [0, 0.1) is 4.77 Å². The zero-order valence-corrected chi connectivity index (χ0v) is 14.9. The molecule has 3 aromatic rings. The molecule has 6 heteroatoms. The molecule has 1 atom stereocenters. The van der Waals surface area contributed by atoms with Crippen LogP contribution in [0.1, 0.15) is 18.5 Å². The van der Waals surface area contributed by atoms with Gasteiger partial charge in [-0.2, -0.15) is 0 Å². The summed E-state index contributed by atoms with van der Waals surface area (Å²) < 4.78 is 3.74. The third kappa shape index (κ3) is 2.78. The minimum atomic E-state index is 0.0113. The number of nitrogens with zero attached hydrogens (tertiary/aromatic N) is 1. The summed E-state index contributed by atoms with van der Waals surface area (Å²) in [4.78, 5) is 3.23. The molecule has 0 saturated heterocycles. The standard InChI is InChI=1S/C15H11BrCl2N2S/c1-8(11-4-3-10(17)7-12(11)18)20-14-5-2-9(16)6-13(14)19-15(20)21/h2-8H,1H3,(H,19,21). The molecule has 2 aromatic carbocycles. The van der Waals surface area contributed by atoms with Crippen LogP contribution in [-0.4, -0.2) is 9.55 Å². The first-order chi connectivity index (χ1) is 9.97. The summed E-state index contributed by atoms with van der Waals surface area (Å²) in [6, 6.07) is 11.6. The molecule has 0 radical (unpaired) electrons. The van der Waals surface area contributed by atoms with Gasteiger partial charge < -0.3 is 9.55 Å². The first-order valence-electron chi connectivity index (χ1n) is 6.32. The zero-order chi connectivity index (χ0) is 15.1. The van der Waals surface area contributed by atoms with E-state index in [1.807, 2.05) is 30.3 Å². The van der Waals surface area contributed by atoms with E-state index in [9.17, 15) is 0 Å². The van der Waals surface area contributed by atoms with Crippen molar-refractivity contribution in [2.45, 2.75) is 13.0 Å². The topological polar surface area (TPSA) is 20.7 Å². The maximum atomic E-state index is 6.32. The number of halogens is 3. The van der Waals surface area contributed by atoms with Crippen molar-refractivity contribution in [2.24, 2.45) is 0 Å². The molecule has 21 heavy (non-hydrogen) atoms. The molecular formula is C15H11BrCl2N2S. The van der Waals surface area contributed by atoms with E-state index in [-0.39, 0.29) is 6.04 Å². The molecule has 1 unspecified atom stereocenters. The lowest BCUT2D eigenvalue weighted by molar-refractivity contribution is 0.649. The molecule has 0 spiro atoms. The molecule has 0 aliphatic carbocycles. The lowest BCUT2D eigenvalue weighted by Gasteiger charge is -2.17. The minimum absolute atomic E-state index is 0.0113. The summed E-state index contributed by atoms with van der Waals surface area (Å²) in [5.74, 6) is 0. The molecule has 0 aliphatic rings. The van der Waals surface area contributed by atoms with Crippen LogP contribution in [0.4, 0.5) is 0 Å². The molecule has 3 rings (SSSR count). The Morgan fingerprint density at radius 2 is 1.95 bits per heavy atom. The van der Waals surface area contributed by atoms with Crippen LogP contribution < -0.4 is 0 Å². The summed E-state index contributed by atoms with van der Waals surface area (Å²) >= 11 is 21.2. The maximum absolute atomic E-state index is 6.32. The van der Waals surface area contributed by atoms with Crippen molar-refractivity contribution < 1.29 is 0 Å². The second-order valence-corrected chi connectivity index (χ2v) is 6.95. The van der Waals surface area contributed by atoms with Crippen LogP contribution in [0.2, 0.25) is 10.0 Å². The van der Waals surface area contributed by atoms with E-state index in [1.54, 1.807) is 6.07 Å². The summed E-state index contributed by atoms with van der Waals surface area (Å²) in [6.07, 6.45) is 0. The van der Waals surface area contributed by atoms with E-state index in [0.717, 1.165) is 21.1 Å². The third-order valence-electron chi connectivity index (χ3n) is 3.48. The molecule has 108 valence electrons. The van der Waals surface area contributed by atoms with E-state index in [1.165, 1.54) is 0 Å². The number of H-pyrrole nitrogens is 1. The van der Waals surface area contributed by atoms with Gasteiger partial charge in [-0.05, 0) is 55.0 Å². The number of imidazole rings is 1. The van der Waals surface area contributed by atoms with Gasteiger partial charge in [0.1, 0.15) is 0 Å². The van der Waals surface area contributed by atoms with E-state index in [4.69, 9.17) is 35.4 Å². The second-order valence-electron chi connectivity index (χ2n) is 4.80. The van der Waals surface area contributed by atoms with Crippen LogP contribution >= 0.6 is 51.3 Å². The Kier molecular flexibility index (Phi) is 4.14. The van der Waals surface area contributed by atoms with Gasteiger partial charge in [0, 0.05) is 14.5 Å². The molecule has 1 aromatic heterocycles. The number of aromatic nitrogens is 2. The summed E-state index contributed by atoms with van der Waals surface area (Å²) in [5, 5.41) is 1.27. The van der Waals surface area contributed by atoms with Gasteiger partial charge >= 0.3 is 0 Å². The average Bonchev–Trinajstić information content (AvgIpc) is 2.73. The van der Waals surface area contributed by atoms with Crippen molar-refractivity contribution >= 4 is 62.4 Å². The quantitative estimate of drug-likeness (QED) is 0.494. The fourth-order valence-corrected chi connectivity index (χ4v) is 3.76. The number of hydrogen-bond donors (Lipinski definition) is 1. The first-order valence-corrected chi connectivity index (χ1v) is 8.28. The molecule has 0 amide bonds. The fraction of sp³-hybridized carbons (Fsp3) is 0.133. The number of rotatable bonds is 2. The number of nitrogens with one attached hydrogen (secondary N) is 1.